The van der Waals surface area contributed by atoms with Gasteiger partial charge in [-0.3, -0.25) is 9.59 Å². The summed E-state index contributed by atoms with van der Waals surface area (Å²) < 4.78 is 4.33. The van der Waals surface area contributed by atoms with Crippen molar-refractivity contribution in [1.82, 2.24) is 0 Å². The van der Waals surface area contributed by atoms with Crippen LogP contribution in [0.15, 0.2) is 0 Å². The number of hydrogen-bond donors (Lipinski definition) is 4. The summed E-state index contributed by atoms with van der Waals surface area (Å²) in [5.41, 5.74) is -2.74. The molecule has 0 spiro atoms. The third-order valence-electron chi connectivity index (χ3n) is 1.90. The van der Waals surface area contributed by atoms with E-state index in [0.717, 1.165) is 6.92 Å². The molecule has 1 atom stereocenters. The van der Waals surface area contributed by atoms with E-state index in [-0.39, 0.29) is 17.6 Å². The Kier molecular flexibility index (Phi) is 8.03. The molecule has 0 heterocycles. The Morgan fingerprint density at radius 2 is 1.42 bits per heavy atom. The number of carbonyl (C=O) groups excluding carboxylic acids is 1. The second-order valence-corrected chi connectivity index (χ2v) is 3.54. The molecule has 0 aliphatic carbocycles. The summed E-state index contributed by atoms with van der Waals surface area (Å²) in [5.74, 6) is -6.64. The van der Waals surface area contributed by atoms with Gasteiger partial charge in [0, 0.05) is 0 Å². The van der Waals surface area contributed by atoms with E-state index in [1.54, 1.807) is 0 Å². The summed E-state index contributed by atoms with van der Waals surface area (Å²) in [6.45, 7) is 0.969. The zero-order valence-corrected chi connectivity index (χ0v) is 9.32. The molecule has 19 heavy (non-hydrogen) atoms. The molecule has 0 rings (SSSR count). The van der Waals surface area contributed by atoms with Crippen LogP contribution in [-0.4, -0.2) is 73.6 Å². The number of carboxylic acids is 3. The molecular formula is C9H16GeO9. The molecule has 0 radical (unpaired) electrons. The monoisotopic (exact) mass is 342 g/mol. The maximum absolute atomic E-state index is 11.1. The third kappa shape index (κ3) is 6.20. The number of aliphatic hydroxyl groups is 1. The molecule has 0 bridgehead atoms. The van der Waals surface area contributed by atoms with Crippen molar-refractivity contribution in [3.05, 3.63) is 0 Å². The zero-order valence-electron chi connectivity index (χ0n) is 9.32. The summed E-state index contributed by atoms with van der Waals surface area (Å²) in [6, 6.07) is 0. The molecule has 0 saturated carbocycles. The Morgan fingerprint density at radius 3 is 1.63 bits per heavy atom. The average molecular weight is 341 g/mol. The second kappa shape index (κ2) is 7.74. The number of carbonyl (C=O) groups is 4. The summed E-state index contributed by atoms with van der Waals surface area (Å²) in [4.78, 5) is 43.2. The van der Waals surface area contributed by atoms with Crippen LogP contribution in [0.5, 0.6) is 0 Å². The Balaban J connectivity index is 0. The standard InChI is InChI=1S/C9H12O9.GeH4/c1-4(10)7(15)18-9(8(16)17,2-5(11)12)3-6(13)14;/h4,10H,2-3H2,1H3,(H,11,12)(H,13,14)(H,16,17);1H4. The molecule has 110 valence electrons. The molecule has 0 aromatic rings. The third-order valence-corrected chi connectivity index (χ3v) is 1.90. The van der Waals surface area contributed by atoms with E-state index in [2.05, 4.69) is 4.74 Å². The summed E-state index contributed by atoms with van der Waals surface area (Å²) >= 11 is 0. The summed E-state index contributed by atoms with van der Waals surface area (Å²) in [5, 5.41) is 34.8. The van der Waals surface area contributed by atoms with Crippen LogP contribution in [0.1, 0.15) is 19.8 Å². The van der Waals surface area contributed by atoms with Crippen LogP contribution in [-0.2, 0) is 23.9 Å². The van der Waals surface area contributed by atoms with Crippen LogP contribution >= 0.6 is 0 Å². The van der Waals surface area contributed by atoms with E-state index in [9.17, 15) is 19.2 Å². The van der Waals surface area contributed by atoms with Crippen molar-refractivity contribution in [3.8, 4) is 0 Å². The molecule has 0 amide bonds. The predicted molar refractivity (Wildman–Crippen MR) is 64.0 cm³/mol. The van der Waals surface area contributed by atoms with E-state index in [4.69, 9.17) is 20.4 Å². The topological polar surface area (TPSA) is 158 Å². The number of ether oxygens (including phenoxy) is 1. The number of carboxylic acid groups (broad SMARTS) is 3. The van der Waals surface area contributed by atoms with Crippen molar-refractivity contribution in [2.45, 2.75) is 31.5 Å². The van der Waals surface area contributed by atoms with Gasteiger partial charge in [-0.15, -0.1) is 0 Å². The van der Waals surface area contributed by atoms with E-state index in [0.29, 0.717) is 0 Å². The first-order chi connectivity index (χ1) is 8.10. The molecule has 1 unspecified atom stereocenters. The Labute approximate surface area is 118 Å². The van der Waals surface area contributed by atoms with Gasteiger partial charge in [0.2, 0.25) is 5.60 Å². The second-order valence-electron chi connectivity index (χ2n) is 3.54. The van der Waals surface area contributed by atoms with Gasteiger partial charge in [-0.2, -0.15) is 0 Å². The van der Waals surface area contributed by atoms with E-state index >= 15 is 0 Å². The molecule has 0 aromatic heterocycles. The van der Waals surface area contributed by atoms with Gasteiger partial charge in [0.05, 0.1) is 12.8 Å². The van der Waals surface area contributed by atoms with E-state index < -0.39 is 48.4 Å². The first-order valence-electron chi connectivity index (χ1n) is 4.68. The quantitative estimate of drug-likeness (QED) is 0.284. The van der Waals surface area contributed by atoms with Gasteiger partial charge in [0.25, 0.3) is 0 Å². The first-order valence-corrected chi connectivity index (χ1v) is 4.68. The van der Waals surface area contributed by atoms with Crippen LogP contribution in [0.4, 0.5) is 0 Å². The molecule has 0 fully saturated rings. The van der Waals surface area contributed by atoms with Crippen LogP contribution in [0.2, 0.25) is 0 Å². The normalized spacial score (nSPS) is 11.9. The molecule has 0 aromatic carbocycles. The van der Waals surface area contributed by atoms with Crippen LogP contribution < -0.4 is 0 Å². The number of esters is 1. The minimum absolute atomic E-state index is 0. The molecule has 0 aliphatic heterocycles. The van der Waals surface area contributed by atoms with Crippen molar-refractivity contribution in [3.63, 3.8) is 0 Å². The van der Waals surface area contributed by atoms with Crippen molar-refractivity contribution in [1.29, 1.82) is 0 Å². The van der Waals surface area contributed by atoms with Crippen molar-refractivity contribution in [2.75, 3.05) is 0 Å². The fourth-order valence-corrected chi connectivity index (χ4v) is 1.10. The molecule has 9 nitrogen and oxygen atoms in total. The zero-order chi connectivity index (χ0) is 14.5. The van der Waals surface area contributed by atoms with Crippen molar-refractivity contribution >= 4 is 41.5 Å². The van der Waals surface area contributed by atoms with Gasteiger partial charge in [-0.25, -0.2) is 9.59 Å². The molecular weight excluding hydrogens is 325 g/mol. The predicted octanol–water partition coefficient (Wildman–Crippen LogP) is -2.77. The minimum atomic E-state index is -2.74. The number of aliphatic carboxylic acids is 3. The average Bonchev–Trinajstić information content (AvgIpc) is 2.14. The Bertz CT molecular complexity index is 360. The fourth-order valence-electron chi connectivity index (χ4n) is 1.10. The van der Waals surface area contributed by atoms with Gasteiger partial charge in [0.1, 0.15) is 6.10 Å². The number of hydrogen-bond acceptors (Lipinski definition) is 6. The molecule has 0 aliphatic rings. The van der Waals surface area contributed by atoms with Crippen LogP contribution in [0.25, 0.3) is 0 Å². The first kappa shape index (κ1) is 19.7. The van der Waals surface area contributed by atoms with E-state index in [1.807, 2.05) is 0 Å². The number of aliphatic hydroxyl groups excluding tert-OH is 1. The summed E-state index contributed by atoms with van der Waals surface area (Å²) in [6.07, 6.45) is -4.16. The summed E-state index contributed by atoms with van der Waals surface area (Å²) in [7, 11) is 0. The fraction of sp³-hybridized carbons (Fsp3) is 0.556. The van der Waals surface area contributed by atoms with Crippen LogP contribution in [0.3, 0.4) is 0 Å². The van der Waals surface area contributed by atoms with Crippen molar-refractivity contribution in [2.24, 2.45) is 0 Å². The van der Waals surface area contributed by atoms with Gasteiger partial charge in [-0.05, 0) is 6.92 Å². The Hall–Kier alpha value is -1.62. The SMILES string of the molecule is CC(O)C(=O)OC(CC(=O)O)(CC(=O)O)C(=O)O.[GeH4]. The van der Waals surface area contributed by atoms with Gasteiger partial charge < -0.3 is 25.2 Å². The van der Waals surface area contributed by atoms with Crippen LogP contribution in [0, 0.1) is 0 Å². The van der Waals surface area contributed by atoms with Crippen molar-refractivity contribution < 1.29 is 44.3 Å². The van der Waals surface area contributed by atoms with Gasteiger partial charge >= 0.3 is 41.5 Å². The molecule has 4 N–H and O–H groups in total. The molecule has 10 heteroatoms. The van der Waals surface area contributed by atoms with E-state index in [1.165, 1.54) is 0 Å². The molecule has 0 saturated heterocycles. The number of rotatable bonds is 7. The Morgan fingerprint density at radius 1 is 1.05 bits per heavy atom. The maximum atomic E-state index is 11.1. The van der Waals surface area contributed by atoms with Gasteiger partial charge in [-0.1, -0.05) is 0 Å². The van der Waals surface area contributed by atoms with Gasteiger partial charge in [0.15, 0.2) is 0 Å².